The second-order valence-corrected chi connectivity index (χ2v) is 7.86. The van der Waals surface area contributed by atoms with Gasteiger partial charge >= 0.3 is 0 Å². The minimum Gasteiger partial charge on any atom is -0.486 e. The Morgan fingerprint density at radius 2 is 1.89 bits per heavy atom. The predicted molar refractivity (Wildman–Crippen MR) is 122 cm³/mol. The summed E-state index contributed by atoms with van der Waals surface area (Å²) in [5, 5.41) is 22.6. The third kappa shape index (κ3) is 4.78. The van der Waals surface area contributed by atoms with E-state index in [1.54, 1.807) is 0 Å². The van der Waals surface area contributed by atoms with Crippen LogP contribution in [-0.2, 0) is 4.74 Å². The van der Waals surface area contributed by atoms with Crippen molar-refractivity contribution in [3.63, 3.8) is 0 Å². The minimum atomic E-state index is -1.29. The maximum absolute atomic E-state index is 14.5. The van der Waals surface area contributed by atoms with E-state index in [4.69, 9.17) is 22.1 Å². The van der Waals surface area contributed by atoms with Crippen LogP contribution in [0.5, 0.6) is 0 Å². The van der Waals surface area contributed by atoms with Crippen molar-refractivity contribution in [3.8, 4) is 11.3 Å². The average molecular weight is 507 g/mol. The number of aromatic nitrogens is 2. The van der Waals surface area contributed by atoms with Crippen molar-refractivity contribution in [2.24, 2.45) is 0 Å². The molecule has 3 atom stereocenters. The van der Waals surface area contributed by atoms with Crippen LogP contribution in [-0.4, -0.2) is 50.3 Å². The highest BCUT2D eigenvalue weighted by molar-refractivity contribution is 6.18. The van der Waals surface area contributed by atoms with Gasteiger partial charge in [-0.15, -0.1) is 11.6 Å². The molecule has 1 amide bonds. The summed E-state index contributed by atoms with van der Waals surface area (Å²) in [5.74, 6) is -4.20. The molecule has 1 aromatic carbocycles. The van der Waals surface area contributed by atoms with Gasteiger partial charge in [0.05, 0.1) is 29.0 Å². The number of nitrogens with two attached hydrogens (primary N) is 1. The van der Waals surface area contributed by atoms with Gasteiger partial charge in [-0.1, -0.05) is 6.07 Å². The monoisotopic (exact) mass is 506 g/mol. The van der Waals surface area contributed by atoms with Gasteiger partial charge in [0.15, 0.2) is 11.5 Å². The van der Waals surface area contributed by atoms with E-state index < -0.39 is 58.6 Å². The number of benzene rings is 1. The molecule has 2 aromatic heterocycles. The molecule has 0 radical (unpaired) electrons. The highest BCUT2D eigenvalue weighted by Gasteiger charge is 2.33. The standard InChI is InChI=1S/C23H18ClF3N4O4/c24-8-18-22(33)16(32)7-17(35-18)10-4-5-29-9-15(10)30-23(34)21-14(28)6-13(27)20(31-21)19-11(25)2-1-3-12(19)26/h1-7,9,16,18,22,32-33H,8,28H2,(H,30,34). The summed E-state index contributed by atoms with van der Waals surface area (Å²) < 4.78 is 48.6. The van der Waals surface area contributed by atoms with E-state index in [9.17, 15) is 28.2 Å². The van der Waals surface area contributed by atoms with Crippen LogP contribution < -0.4 is 11.1 Å². The number of carbonyl (C=O) groups excluding carboxylic acids is 1. The highest BCUT2D eigenvalue weighted by Crippen LogP contribution is 2.32. The summed E-state index contributed by atoms with van der Waals surface area (Å²) in [6.45, 7) is 0. The summed E-state index contributed by atoms with van der Waals surface area (Å²) in [7, 11) is 0. The van der Waals surface area contributed by atoms with E-state index in [0.717, 1.165) is 24.3 Å². The molecule has 0 fully saturated rings. The maximum Gasteiger partial charge on any atom is 0.276 e. The van der Waals surface area contributed by atoms with E-state index in [2.05, 4.69) is 15.3 Å². The van der Waals surface area contributed by atoms with Crippen LogP contribution in [0.2, 0.25) is 0 Å². The highest BCUT2D eigenvalue weighted by atomic mass is 35.5. The van der Waals surface area contributed by atoms with Crippen LogP contribution in [0.4, 0.5) is 24.5 Å². The molecule has 0 saturated carbocycles. The van der Waals surface area contributed by atoms with Crippen molar-refractivity contribution >= 4 is 34.6 Å². The fourth-order valence-corrected chi connectivity index (χ4v) is 3.74. The Kier molecular flexibility index (Phi) is 6.92. The molecular formula is C23H18ClF3N4O4. The normalized spacial score (nSPS) is 19.6. The predicted octanol–water partition coefficient (Wildman–Crippen LogP) is 3.10. The number of nitrogens with zero attached hydrogens (tertiary/aromatic N) is 2. The van der Waals surface area contributed by atoms with E-state index in [1.807, 2.05) is 0 Å². The number of aliphatic hydroxyl groups is 2. The molecule has 182 valence electrons. The molecular weight excluding hydrogens is 489 g/mol. The Bertz CT molecular complexity index is 1300. The number of nitrogen functional groups attached to an aromatic ring is 1. The fourth-order valence-electron chi connectivity index (χ4n) is 3.50. The van der Waals surface area contributed by atoms with Crippen LogP contribution in [0.15, 0.2) is 48.8 Å². The molecule has 5 N–H and O–H groups in total. The molecule has 3 aromatic rings. The topological polar surface area (TPSA) is 131 Å². The first-order valence-electron chi connectivity index (χ1n) is 10.2. The smallest absolute Gasteiger partial charge is 0.276 e. The molecule has 1 aliphatic heterocycles. The molecule has 3 heterocycles. The number of halogens is 4. The molecule has 3 unspecified atom stereocenters. The summed E-state index contributed by atoms with van der Waals surface area (Å²) in [6.07, 6.45) is 0.440. The second kappa shape index (κ2) is 9.90. The second-order valence-electron chi connectivity index (χ2n) is 7.55. The van der Waals surface area contributed by atoms with Crippen molar-refractivity contribution in [2.75, 3.05) is 16.9 Å². The quantitative estimate of drug-likeness (QED) is 0.391. The Hall–Kier alpha value is -3.67. The van der Waals surface area contributed by atoms with Gasteiger partial charge in [0.25, 0.3) is 5.91 Å². The van der Waals surface area contributed by atoms with E-state index >= 15 is 0 Å². The lowest BCUT2D eigenvalue weighted by molar-refractivity contribution is -0.0441. The molecule has 35 heavy (non-hydrogen) atoms. The summed E-state index contributed by atoms with van der Waals surface area (Å²) in [5.41, 5.74) is 3.79. The number of hydrogen-bond donors (Lipinski definition) is 4. The summed E-state index contributed by atoms with van der Waals surface area (Å²) in [4.78, 5) is 20.7. The molecule has 4 rings (SSSR count). The zero-order valence-corrected chi connectivity index (χ0v) is 18.5. The fraction of sp³-hybridized carbons (Fsp3) is 0.174. The van der Waals surface area contributed by atoms with Crippen molar-refractivity contribution in [3.05, 3.63) is 77.5 Å². The first kappa shape index (κ1) is 24.5. The van der Waals surface area contributed by atoms with E-state index in [-0.39, 0.29) is 28.6 Å². The van der Waals surface area contributed by atoms with Crippen LogP contribution in [0, 0.1) is 17.5 Å². The maximum atomic E-state index is 14.5. The number of aliphatic hydroxyl groups excluding tert-OH is 2. The lowest BCUT2D eigenvalue weighted by Gasteiger charge is -2.31. The Labute approximate surface area is 201 Å². The molecule has 0 aliphatic carbocycles. The first-order valence-corrected chi connectivity index (χ1v) is 10.7. The number of anilines is 2. The number of amides is 1. The third-order valence-electron chi connectivity index (χ3n) is 5.24. The Morgan fingerprint density at radius 1 is 1.17 bits per heavy atom. The van der Waals surface area contributed by atoms with Crippen molar-refractivity contribution in [1.82, 2.24) is 9.97 Å². The first-order chi connectivity index (χ1) is 16.7. The Balaban J connectivity index is 1.70. The van der Waals surface area contributed by atoms with Crippen LogP contribution >= 0.6 is 11.6 Å². The number of nitrogens with one attached hydrogen (secondary N) is 1. The zero-order valence-electron chi connectivity index (χ0n) is 17.8. The van der Waals surface area contributed by atoms with Gasteiger partial charge in [0, 0.05) is 17.8 Å². The number of pyridine rings is 2. The van der Waals surface area contributed by atoms with Crippen LogP contribution in [0.3, 0.4) is 0 Å². The number of carbonyl (C=O) groups is 1. The molecule has 0 saturated heterocycles. The van der Waals surface area contributed by atoms with Crippen molar-refractivity contribution in [2.45, 2.75) is 18.3 Å². The van der Waals surface area contributed by atoms with Crippen LogP contribution in [0.25, 0.3) is 17.0 Å². The van der Waals surface area contributed by atoms with Crippen molar-refractivity contribution < 1.29 is 32.9 Å². The summed E-state index contributed by atoms with van der Waals surface area (Å²) in [6, 6.07) is 5.17. The minimum absolute atomic E-state index is 0.0878. The average Bonchev–Trinajstić information content (AvgIpc) is 2.82. The lowest BCUT2D eigenvalue weighted by Crippen LogP contribution is -2.42. The Morgan fingerprint density at radius 3 is 2.57 bits per heavy atom. The largest absolute Gasteiger partial charge is 0.486 e. The van der Waals surface area contributed by atoms with Crippen LogP contribution in [0.1, 0.15) is 16.1 Å². The van der Waals surface area contributed by atoms with Gasteiger partial charge in [-0.25, -0.2) is 18.2 Å². The molecule has 1 aliphatic rings. The van der Waals surface area contributed by atoms with E-state index in [0.29, 0.717) is 0 Å². The summed E-state index contributed by atoms with van der Waals surface area (Å²) >= 11 is 5.80. The number of rotatable bonds is 5. The van der Waals surface area contributed by atoms with Gasteiger partial charge < -0.3 is 26.0 Å². The van der Waals surface area contributed by atoms with Gasteiger partial charge in [-0.05, 0) is 24.3 Å². The van der Waals surface area contributed by atoms with Gasteiger partial charge in [0.1, 0.15) is 41.4 Å². The molecule has 0 bridgehead atoms. The van der Waals surface area contributed by atoms with Crippen molar-refractivity contribution in [1.29, 1.82) is 0 Å². The SMILES string of the molecule is Nc1cc(F)c(-c2c(F)cccc2F)nc1C(=O)Nc1cnccc1C1=CC(O)C(O)C(CCl)O1. The lowest BCUT2D eigenvalue weighted by atomic mass is 10.0. The van der Waals surface area contributed by atoms with Gasteiger partial charge in [-0.3, -0.25) is 9.78 Å². The zero-order chi connectivity index (χ0) is 25.3. The van der Waals surface area contributed by atoms with Gasteiger partial charge in [-0.2, -0.15) is 0 Å². The number of ether oxygens (including phenoxy) is 1. The third-order valence-corrected chi connectivity index (χ3v) is 5.54. The molecule has 12 heteroatoms. The van der Waals surface area contributed by atoms with Gasteiger partial charge in [0.2, 0.25) is 0 Å². The molecule has 8 nitrogen and oxygen atoms in total. The van der Waals surface area contributed by atoms with E-state index in [1.165, 1.54) is 24.5 Å². The molecule has 0 spiro atoms. The number of hydrogen-bond acceptors (Lipinski definition) is 7. The number of alkyl halides is 1.